The fourth-order valence-corrected chi connectivity index (χ4v) is 3.55. The van der Waals surface area contributed by atoms with Crippen LogP contribution in [0.2, 0.25) is 0 Å². The molecule has 0 unspecified atom stereocenters. The van der Waals surface area contributed by atoms with Gasteiger partial charge in [0.15, 0.2) is 0 Å². The van der Waals surface area contributed by atoms with Gasteiger partial charge in [0.1, 0.15) is 5.75 Å². The molecule has 1 N–H and O–H groups in total. The minimum Gasteiger partial charge on any atom is -0.496 e. The summed E-state index contributed by atoms with van der Waals surface area (Å²) in [5.74, 6) is 1.77. The molecular formula is C16H23NO. The molecule has 1 spiro atoms. The molecule has 3 rings (SSSR count). The SMILES string of the molecule is COc1ccc(C2CCC3(CC2)CNC3)cc1C. The lowest BCUT2D eigenvalue weighted by atomic mass is 9.66. The predicted octanol–water partition coefficient (Wildman–Crippen LogP) is 3.25. The van der Waals surface area contributed by atoms with Gasteiger partial charge < -0.3 is 10.1 Å². The molecule has 1 saturated heterocycles. The second-order valence-electron chi connectivity index (χ2n) is 6.11. The molecule has 1 aliphatic carbocycles. The molecule has 2 heteroatoms. The summed E-state index contributed by atoms with van der Waals surface area (Å²) in [4.78, 5) is 0. The zero-order valence-corrected chi connectivity index (χ0v) is 11.5. The van der Waals surface area contributed by atoms with Crippen LogP contribution in [0.5, 0.6) is 5.75 Å². The fraction of sp³-hybridized carbons (Fsp3) is 0.625. The average Bonchev–Trinajstić information content (AvgIpc) is 2.37. The molecule has 1 aromatic rings. The first-order valence-electron chi connectivity index (χ1n) is 7.08. The number of hydrogen-bond donors (Lipinski definition) is 1. The molecule has 0 atom stereocenters. The third-order valence-electron chi connectivity index (χ3n) is 4.94. The predicted molar refractivity (Wildman–Crippen MR) is 74.2 cm³/mol. The Hall–Kier alpha value is -1.02. The molecule has 0 amide bonds. The van der Waals surface area contributed by atoms with Crippen LogP contribution in [0.4, 0.5) is 0 Å². The van der Waals surface area contributed by atoms with Crippen molar-refractivity contribution in [1.29, 1.82) is 0 Å². The summed E-state index contributed by atoms with van der Waals surface area (Å²) in [6, 6.07) is 6.70. The highest BCUT2D eigenvalue weighted by atomic mass is 16.5. The van der Waals surface area contributed by atoms with Crippen LogP contribution in [0.25, 0.3) is 0 Å². The maximum Gasteiger partial charge on any atom is 0.121 e. The van der Waals surface area contributed by atoms with Crippen LogP contribution in [0, 0.1) is 12.3 Å². The van der Waals surface area contributed by atoms with Crippen molar-refractivity contribution in [3.05, 3.63) is 29.3 Å². The van der Waals surface area contributed by atoms with Gasteiger partial charge in [-0.3, -0.25) is 0 Å². The van der Waals surface area contributed by atoms with E-state index < -0.39 is 0 Å². The Morgan fingerprint density at radius 3 is 2.44 bits per heavy atom. The highest BCUT2D eigenvalue weighted by Crippen LogP contribution is 2.45. The molecule has 18 heavy (non-hydrogen) atoms. The summed E-state index contributed by atoms with van der Waals surface area (Å²) >= 11 is 0. The molecule has 1 aliphatic heterocycles. The topological polar surface area (TPSA) is 21.3 Å². The van der Waals surface area contributed by atoms with Gasteiger partial charge in [-0.05, 0) is 61.1 Å². The first-order chi connectivity index (χ1) is 8.72. The highest BCUT2D eigenvalue weighted by Gasteiger charge is 2.40. The van der Waals surface area contributed by atoms with E-state index in [4.69, 9.17) is 4.74 Å². The van der Waals surface area contributed by atoms with E-state index in [9.17, 15) is 0 Å². The Morgan fingerprint density at radius 1 is 1.22 bits per heavy atom. The van der Waals surface area contributed by atoms with Crippen LogP contribution in [0.15, 0.2) is 18.2 Å². The molecule has 0 bridgehead atoms. The molecule has 1 aromatic carbocycles. The van der Waals surface area contributed by atoms with E-state index >= 15 is 0 Å². The quantitative estimate of drug-likeness (QED) is 0.863. The van der Waals surface area contributed by atoms with Crippen LogP contribution >= 0.6 is 0 Å². The number of rotatable bonds is 2. The van der Waals surface area contributed by atoms with Gasteiger partial charge in [0.25, 0.3) is 0 Å². The molecule has 98 valence electrons. The summed E-state index contributed by atoms with van der Waals surface area (Å²) in [6.45, 7) is 4.64. The zero-order chi connectivity index (χ0) is 12.6. The maximum absolute atomic E-state index is 5.34. The number of aryl methyl sites for hydroxylation is 1. The van der Waals surface area contributed by atoms with Gasteiger partial charge in [0.05, 0.1) is 7.11 Å². The summed E-state index contributed by atoms with van der Waals surface area (Å²) in [7, 11) is 1.75. The standard InChI is InChI=1S/C16H23NO/c1-12-9-14(3-4-15(12)18-2)13-5-7-16(8-6-13)10-17-11-16/h3-4,9,13,17H,5-8,10-11H2,1-2H3. The third kappa shape index (κ3) is 2.03. The summed E-state index contributed by atoms with van der Waals surface area (Å²) < 4.78 is 5.34. The van der Waals surface area contributed by atoms with Crippen molar-refractivity contribution < 1.29 is 4.74 Å². The lowest BCUT2D eigenvalue weighted by Gasteiger charge is -2.47. The normalized spacial score (nSPS) is 22.8. The number of nitrogens with one attached hydrogen (secondary N) is 1. The Balaban J connectivity index is 1.70. The van der Waals surface area contributed by atoms with E-state index in [1.54, 1.807) is 7.11 Å². The zero-order valence-electron chi connectivity index (χ0n) is 11.5. The number of ether oxygens (including phenoxy) is 1. The van der Waals surface area contributed by atoms with Gasteiger partial charge in [-0.15, -0.1) is 0 Å². The lowest BCUT2D eigenvalue weighted by Crippen LogP contribution is -2.54. The number of hydrogen-bond acceptors (Lipinski definition) is 2. The fourth-order valence-electron chi connectivity index (χ4n) is 3.55. The van der Waals surface area contributed by atoms with Gasteiger partial charge >= 0.3 is 0 Å². The second kappa shape index (κ2) is 4.58. The summed E-state index contributed by atoms with van der Waals surface area (Å²) in [6.07, 6.45) is 5.51. The molecule has 2 fully saturated rings. The molecule has 2 aliphatic rings. The van der Waals surface area contributed by atoms with Crippen molar-refractivity contribution >= 4 is 0 Å². The Morgan fingerprint density at radius 2 is 1.94 bits per heavy atom. The Labute approximate surface area is 110 Å². The van der Waals surface area contributed by atoms with Crippen molar-refractivity contribution in [3.63, 3.8) is 0 Å². The first kappa shape index (κ1) is 12.0. The minimum atomic E-state index is 0.665. The van der Waals surface area contributed by atoms with Gasteiger partial charge in [-0.2, -0.15) is 0 Å². The van der Waals surface area contributed by atoms with E-state index in [-0.39, 0.29) is 0 Å². The van der Waals surface area contributed by atoms with E-state index in [0.29, 0.717) is 5.41 Å². The number of benzene rings is 1. The summed E-state index contributed by atoms with van der Waals surface area (Å²) in [5.41, 5.74) is 3.44. The van der Waals surface area contributed by atoms with E-state index in [2.05, 4.69) is 30.4 Å². The third-order valence-corrected chi connectivity index (χ3v) is 4.94. The molecule has 0 aromatic heterocycles. The average molecular weight is 245 g/mol. The smallest absolute Gasteiger partial charge is 0.121 e. The van der Waals surface area contributed by atoms with E-state index in [1.165, 1.54) is 49.9 Å². The monoisotopic (exact) mass is 245 g/mol. The summed E-state index contributed by atoms with van der Waals surface area (Å²) in [5, 5.41) is 3.43. The van der Waals surface area contributed by atoms with Gasteiger partial charge in [-0.1, -0.05) is 12.1 Å². The van der Waals surface area contributed by atoms with Crippen LogP contribution in [0.1, 0.15) is 42.7 Å². The van der Waals surface area contributed by atoms with Crippen LogP contribution < -0.4 is 10.1 Å². The van der Waals surface area contributed by atoms with Crippen molar-refractivity contribution in [2.24, 2.45) is 5.41 Å². The van der Waals surface area contributed by atoms with Crippen LogP contribution in [-0.2, 0) is 0 Å². The highest BCUT2D eigenvalue weighted by molar-refractivity contribution is 5.37. The minimum absolute atomic E-state index is 0.665. The second-order valence-corrected chi connectivity index (χ2v) is 6.11. The van der Waals surface area contributed by atoms with E-state index in [0.717, 1.165) is 11.7 Å². The molecule has 1 saturated carbocycles. The van der Waals surface area contributed by atoms with Crippen molar-refractivity contribution in [2.75, 3.05) is 20.2 Å². The Kier molecular flexibility index (Phi) is 3.06. The van der Waals surface area contributed by atoms with E-state index in [1.807, 2.05) is 0 Å². The molecule has 1 heterocycles. The number of methoxy groups -OCH3 is 1. The van der Waals surface area contributed by atoms with Gasteiger partial charge in [0, 0.05) is 13.1 Å². The maximum atomic E-state index is 5.34. The van der Waals surface area contributed by atoms with Gasteiger partial charge in [0.2, 0.25) is 0 Å². The molecule has 2 nitrogen and oxygen atoms in total. The molecular weight excluding hydrogens is 222 g/mol. The first-order valence-corrected chi connectivity index (χ1v) is 7.08. The lowest BCUT2D eigenvalue weighted by molar-refractivity contribution is 0.0975. The van der Waals surface area contributed by atoms with Crippen LogP contribution in [0.3, 0.4) is 0 Å². The van der Waals surface area contributed by atoms with Crippen molar-refractivity contribution in [2.45, 2.75) is 38.5 Å². The van der Waals surface area contributed by atoms with Crippen molar-refractivity contribution in [3.8, 4) is 5.75 Å². The van der Waals surface area contributed by atoms with Gasteiger partial charge in [-0.25, -0.2) is 0 Å². The Bertz CT molecular complexity index is 427. The van der Waals surface area contributed by atoms with Crippen LogP contribution in [-0.4, -0.2) is 20.2 Å². The van der Waals surface area contributed by atoms with Crippen molar-refractivity contribution in [1.82, 2.24) is 5.32 Å². The molecule has 0 radical (unpaired) electrons. The largest absolute Gasteiger partial charge is 0.496 e.